The Morgan fingerprint density at radius 2 is 1.86 bits per heavy atom. The third-order valence-electron chi connectivity index (χ3n) is 7.02. The van der Waals surface area contributed by atoms with Gasteiger partial charge in [0.25, 0.3) is 0 Å². The molecule has 5 rings (SSSR count). The molecule has 2 aromatic rings. The molecule has 1 aliphatic carbocycles. The Bertz CT molecular complexity index is 917. The molecule has 2 heterocycles. The van der Waals surface area contributed by atoms with Crippen LogP contribution in [0.4, 0.5) is 0 Å². The van der Waals surface area contributed by atoms with E-state index < -0.39 is 5.54 Å². The number of methoxy groups -OCH3 is 1. The highest BCUT2D eigenvalue weighted by Crippen LogP contribution is 2.51. The summed E-state index contributed by atoms with van der Waals surface area (Å²) in [7, 11) is 1.67. The van der Waals surface area contributed by atoms with Crippen molar-refractivity contribution in [2.24, 2.45) is 5.92 Å². The number of benzene rings is 2. The van der Waals surface area contributed by atoms with E-state index in [9.17, 15) is 4.79 Å². The number of rotatable bonds is 4. The zero-order valence-electron chi connectivity index (χ0n) is 17.1. The maximum atomic E-state index is 14.2. The largest absolute Gasteiger partial charge is 0.370 e. The number of carbonyl (C=O) groups excluding carboxylic acids is 1. The molecule has 29 heavy (non-hydrogen) atoms. The van der Waals surface area contributed by atoms with Crippen LogP contribution in [0, 0.1) is 5.92 Å². The molecule has 0 saturated carbocycles. The van der Waals surface area contributed by atoms with Gasteiger partial charge in [0.15, 0.2) is 6.23 Å². The van der Waals surface area contributed by atoms with Crippen molar-refractivity contribution in [2.75, 3.05) is 20.4 Å². The fourth-order valence-electron chi connectivity index (χ4n) is 5.60. The smallest absolute Gasteiger partial charge is 0.246 e. The van der Waals surface area contributed by atoms with E-state index in [1.54, 1.807) is 7.11 Å². The van der Waals surface area contributed by atoms with Crippen molar-refractivity contribution in [1.29, 1.82) is 0 Å². The summed E-state index contributed by atoms with van der Waals surface area (Å²) in [6.07, 6.45) is 2.16. The van der Waals surface area contributed by atoms with Gasteiger partial charge >= 0.3 is 0 Å². The van der Waals surface area contributed by atoms with Crippen LogP contribution >= 0.6 is 0 Å². The third-order valence-corrected chi connectivity index (χ3v) is 7.02. The molecule has 152 valence electrons. The number of carbonyl (C=O) groups is 1. The lowest BCUT2D eigenvalue weighted by Crippen LogP contribution is -2.73. The lowest BCUT2D eigenvalue weighted by molar-refractivity contribution is -0.161. The van der Waals surface area contributed by atoms with Crippen molar-refractivity contribution in [2.45, 2.75) is 43.5 Å². The summed E-state index contributed by atoms with van der Waals surface area (Å²) in [4.78, 5) is 16.2. The van der Waals surface area contributed by atoms with Crippen molar-refractivity contribution in [1.82, 2.24) is 10.2 Å². The van der Waals surface area contributed by atoms with Gasteiger partial charge in [-0.2, -0.15) is 0 Å². The topological polar surface area (TPSA) is 50.8 Å². The maximum Gasteiger partial charge on any atom is 0.246 e. The van der Waals surface area contributed by atoms with Crippen LogP contribution in [0.1, 0.15) is 36.3 Å². The highest BCUT2D eigenvalue weighted by molar-refractivity contribution is 5.90. The predicted molar refractivity (Wildman–Crippen MR) is 110 cm³/mol. The van der Waals surface area contributed by atoms with Gasteiger partial charge in [-0.15, -0.1) is 0 Å². The summed E-state index contributed by atoms with van der Waals surface area (Å²) in [5.41, 5.74) is 2.68. The fraction of sp³-hybridized carbons (Fsp3) is 0.458. The lowest BCUT2D eigenvalue weighted by atomic mass is 9.62. The summed E-state index contributed by atoms with van der Waals surface area (Å²) < 4.78 is 11.6. The van der Waals surface area contributed by atoms with Crippen molar-refractivity contribution in [3.05, 3.63) is 71.3 Å². The van der Waals surface area contributed by atoms with Gasteiger partial charge in [0.1, 0.15) is 5.54 Å². The summed E-state index contributed by atoms with van der Waals surface area (Å²) >= 11 is 0. The van der Waals surface area contributed by atoms with Crippen LogP contribution in [-0.4, -0.2) is 42.3 Å². The van der Waals surface area contributed by atoms with E-state index in [-0.39, 0.29) is 23.6 Å². The molecule has 2 aromatic carbocycles. The van der Waals surface area contributed by atoms with Gasteiger partial charge in [0.2, 0.25) is 5.91 Å². The molecule has 0 radical (unpaired) electrons. The van der Waals surface area contributed by atoms with Crippen LogP contribution in [0.25, 0.3) is 0 Å². The molecule has 5 nitrogen and oxygen atoms in total. The Kier molecular flexibility index (Phi) is 4.50. The molecule has 2 unspecified atom stereocenters. The Labute approximate surface area is 172 Å². The molecular formula is C24H28N2O3. The minimum absolute atomic E-state index is 0.133. The first-order valence-corrected chi connectivity index (χ1v) is 10.4. The zero-order valence-corrected chi connectivity index (χ0v) is 17.1. The number of nitrogens with one attached hydrogen (secondary N) is 1. The number of nitrogens with zero attached hydrogens (tertiary/aromatic N) is 1. The quantitative estimate of drug-likeness (QED) is 0.813. The van der Waals surface area contributed by atoms with Gasteiger partial charge in [-0.3, -0.25) is 10.1 Å². The van der Waals surface area contributed by atoms with Gasteiger partial charge in [0.05, 0.1) is 18.9 Å². The van der Waals surface area contributed by atoms with E-state index >= 15 is 0 Å². The number of hydrogen-bond donors (Lipinski definition) is 1. The Balaban J connectivity index is 1.58. The first kappa shape index (κ1) is 18.8. The number of ether oxygens (including phenoxy) is 2. The fourth-order valence-corrected chi connectivity index (χ4v) is 5.60. The van der Waals surface area contributed by atoms with Crippen molar-refractivity contribution in [3.8, 4) is 0 Å². The summed E-state index contributed by atoms with van der Waals surface area (Å²) in [5, 5.41) is 3.51. The van der Waals surface area contributed by atoms with Crippen LogP contribution in [0.5, 0.6) is 0 Å². The molecule has 4 atom stereocenters. The van der Waals surface area contributed by atoms with E-state index in [1.165, 1.54) is 11.1 Å². The Morgan fingerprint density at radius 1 is 1.14 bits per heavy atom. The van der Waals surface area contributed by atoms with Crippen molar-refractivity contribution < 1.29 is 14.3 Å². The van der Waals surface area contributed by atoms with Crippen LogP contribution in [-0.2, 0) is 27.1 Å². The van der Waals surface area contributed by atoms with Crippen LogP contribution < -0.4 is 5.32 Å². The van der Waals surface area contributed by atoms with Crippen LogP contribution in [0.15, 0.2) is 54.6 Å². The van der Waals surface area contributed by atoms with Gasteiger partial charge < -0.3 is 14.4 Å². The number of hydrogen-bond acceptors (Lipinski definition) is 4. The molecule has 2 saturated heterocycles. The average molecular weight is 392 g/mol. The minimum Gasteiger partial charge on any atom is -0.370 e. The average Bonchev–Trinajstić information content (AvgIpc) is 3.09. The van der Waals surface area contributed by atoms with E-state index in [1.807, 2.05) is 35.2 Å². The highest BCUT2D eigenvalue weighted by atomic mass is 16.5. The summed E-state index contributed by atoms with van der Waals surface area (Å²) in [6, 6.07) is 18.6. The molecule has 2 aliphatic heterocycles. The van der Waals surface area contributed by atoms with Gasteiger partial charge in [-0.05, 0) is 36.8 Å². The molecular weight excluding hydrogens is 364 g/mol. The molecule has 0 aromatic heterocycles. The monoisotopic (exact) mass is 392 g/mol. The van der Waals surface area contributed by atoms with E-state index in [2.05, 4.69) is 36.5 Å². The minimum atomic E-state index is -0.662. The molecule has 5 heteroatoms. The second-order valence-electron chi connectivity index (χ2n) is 8.88. The molecule has 0 bridgehead atoms. The molecule has 2 fully saturated rings. The van der Waals surface area contributed by atoms with Crippen molar-refractivity contribution in [3.63, 3.8) is 0 Å². The predicted octanol–water partition coefficient (Wildman–Crippen LogP) is 3.05. The molecule has 3 aliphatic rings. The van der Waals surface area contributed by atoms with Gasteiger partial charge in [-0.1, -0.05) is 54.6 Å². The Morgan fingerprint density at radius 3 is 2.62 bits per heavy atom. The SMILES string of the molecule is COCNC12Cc3ccccc3C[C@@H]1CC1(C)CO[C@H](c3ccccc3)N1C2=O. The molecule has 1 N–H and O–H groups in total. The Hall–Kier alpha value is -2.21. The van der Waals surface area contributed by atoms with Crippen LogP contribution in [0.2, 0.25) is 0 Å². The first-order chi connectivity index (χ1) is 14.1. The number of amides is 1. The second-order valence-corrected chi connectivity index (χ2v) is 8.88. The number of piperidine rings is 1. The third kappa shape index (κ3) is 2.83. The van der Waals surface area contributed by atoms with Crippen LogP contribution in [0.3, 0.4) is 0 Å². The summed E-state index contributed by atoms with van der Waals surface area (Å²) in [6.45, 7) is 3.09. The van der Waals surface area contributed by atoms with E-state index in [0.29, 0.717) is 19.8 Å². The van der Waals surface area contributed by atoms with E-state index in [4.69, 9.17) is 9.47 Å². The molecule has 0 spiro atoms. The van der Waals surface area contributed by atoms with E-state index in [0.717, 1.165) is 18.4 Å². The second kappa shape index (κ2) is 6.94. The maximum absolute atomic E-state index is 14.2. The van der Waals surface area contributed by atoms with Crippen molar-refractivity contribution >= 4 is 5.91 Å². The zero-order chi connectivity index (χ0) is 20.1. The lowest BCUT2D eigenvalue weighted by Gasteiger charge is -2.55. The molecule has 1 amide bonds. The normalized spacial score (nSPS) is 33.2. The van der Waals surface area contributed by atoms with Gasteiger partial charge in [-0.25, -0.2) is 0 Å². The highest BCUT2D eigenvalue weighted by Gasteiger charge is 2.62. The van der Waals surface area contributed by atoms with Gasteiger partial charge in [0, 0.05) is 19.1 Å². The first-order valence-electron chi connectivity index (χ1n) is 10.4. The number of fused-ring (bicyclic) bond motifs is 3. The standard InChI is InChI=1S/C24H28N2O3/c1-23-14-20-12-18-10-6-7-11-19(18)13-24(20,25-16-28-2)22(27)26(23)21(29-15-23)17-8-4-3-5-9-17/h3-11,20-21,25H,12-16H2,1-2H3/t20-,21-,23?,24?/m1/s1. The summed E-state index contributed by atoms with van der Waals surface area (Å²) in [5.74, 6) is 0.341.